The zero-order valence-corrected chi connectivity index (χ0v) is 15.3. The van der Waals surface area contributed by atoms with Crippen LogP contribution in [0.4, 0.5) is 0 Å². The maximum absolute atomic E-state index is 12.6. The number of pyridine rings is 1. The van der Waals surface area contributed by atoms with Crippen LogP contribution in [0.3, 0.4) is 0 Å². The van der Waals surface area contributed by atoms with Crippen LogP contribution in [-0.4, -0.2) is 43.1 Å². The molecule has 0 bridgehead atoms. The molecule has 0 saturated carbocycles. The van der Waals surface area contributed by atoms with Crippen molar-refractivity contribution < 1.29 is 13.2 Å². The third kappa shape index (κ3) is 3.67. The van der Waals surface area contributed by atoms with Gasteiger partial charge in [-0.05, 0) is 34.0 Å². The van der Waals surface area contributed by atoms with Crippen molar-refractivity contribution >= 4 is 31.7 Å². The van der Waals surface area contributed by atoms with E-state index in [4.69, 9.17) is 0 Å². The number of hydrogen-bond donors (Lipinski definition) is 0. The van der Waals surface area contributed by atoms with E-state index in [1.165, 1.54) is 6.20 Å². The lowest BCUT2D eigenvalue weighted by Crippen LogP contribution is -2.33. The lowest BCUT2D eigenvalue weighted by molar-refractivity contribution is 0.0766. The number of halogens is 1. The fourth-order valence-corrected chi connectivity index (χ4v) is 5.06. The summed E-state index contributed by atoms with van der Waals surface area (Å²) in [6.45, 7) is 0.612. The number of hydrogen-bond acceptors (Lipinski definition) is 4. The Morgan fingerprint density at radius 2 is 1.92 bits per heavy atom. The summed E-state index contributed by atoms with van der Waals surface area (Å²) in [5.74, 6) is -0.215. The van der Waals surface area contributed by atoms with E-state index >= 15 is 0 Å². The summed E-state index contributed by atoms with van der Waals surface area (Å²) in [5, 5.41) is -0.558. The summed E-state index contributed by atoms with van der Waals surface area (Å²) in [6.07, 6.45) is 3.51. The van der Waals surface area contributed by atoms with Crippen LogP contribution >= 0.6 is 15.9 Å². The molecule has 1 amide bonds. The van der Waals surface area contributed by atoms with E-state index < -0.39 is 15.1 Å². The van der Waals surface area contributed by atoms with Gasteiger partial charge in [0.1, 0.15) is 0 Å². The predicted molar refractivity (Wildman–Crippen MR) is 95.4 cm³/mol. The minimum Gasteiger partial charge on any atom is -0.338 e. The molecule has 0 aliphatic carbocycles. The van der Waals surface area contributed by atoms with Gasteiger partial charge in [0.25, 0.3) is 5.91 Å². The zero-order valence-electron chi connectivity index (χ0n) is 12.9. The Morgan fingerprint density at radius 3 is 2.62 bits per heavy atom. The molecule has 3 rings (SSSR count). The maximum atomic E-state index is 12.6. The van der Waals surface area contributed by atoms with Gasteiger partial charge in [0.05, 0.1) is 16.6 Å². The number of nitrogens with zero attached hydrogens (tertiary/aromatic N) is 2. The molecule has 5 nitrogen and oxygen atoms in total. The monoisotopic (exact) mass is 408 g/mol. The summed E-state index contributed by atoms with van der Waals surface area (Å²) in [7, 11) is -3.29. The Kier molecular flexibility index (Phi) is 5.01. The van der Waals surface area contributed by atoms with E-state index in [0.717, 1.165) is 10.0 Å². The zero-order chi connectivity index (χ0) is 17.2. The fourth-order valence-electron chi connectivity index (χ4n) is 2.90. The predicted octanol–water partition coefficient (Wildman–Crippen LogP) is 2.85. The molecule has 24 heavy (non-hydrogen) atoms. The van der Waals surface area contributed by atoms with Crippen molar-refractivity contribution in [2.45, 2.75) is 11.7 Å². The van der Waals surface area contributed by atoms with Gasteiger partial charge in [0, 0.05) is 30.0 Å². The SMILES string of the molecule is O=C(c1cncc(Br)c1)N1CCC(c2ccccc2)S(=O)(=O)CC1. The van der Waals surface area contributed by atoms with Gasteiger partial charge in [0.15, 0.2) is 9.84 Å². The van der Waals surface area contributed by atoms with Crippen LogP contribution in [0.5, 0.6) is 0 Å². The molecule has 7 heteroatoms. The van der Waals surface area contributed by atoms with E-state index in [9.17, 15) is 13.2 Å². The molecule has 1 aliphatic heterocycles. The molecule has 1 aliphatic rings. The smallest absolute Gasteiger partial charge is 0.255 e. The number of benzene rings is 1. The summed E-state index contributed by atoms with van der Waals surface area (Å²) in [4.78, 5) is 18.2. The van der Waals surface area contributed by atoms with Crippen molar-refractivity contribution in [3.05, 3.63) is 64.4 Å². The van der Waals surface area contributed by atoms with Gasteiger partial charge < -0.3 is 4.90 Å². The third-order valence-electron chi connectivity index (χ3n) is 4.15. The second-order valence-electron chi connectivity index (χ2n) is 5.74. The van der Waals surface area contributed by atoms with Crippen LogP contribution in [0.25, 0.3) is 0 Å². The molecule has 1 aromatic carbocycles. The summed E-state index contributed by atoms with van der Waals surface area (Å²) < 4.78 is 25.9. The minimum atomic E-state index is -3.29. The molecule has 1 fully saturated rings. The van der Waals surface area contributed by atoms with Gasteiger partial charge in [-0.15, -0.1) is 0 Å². The Hall–Kier alpha value is -1.73. The van der Waals surface area contributed by atoms with Gasteiger partial charge in [-0.25, -0.2) is 8.42 Å². The van der Waals surface area contributed by atoms with E-state index in [2.05, 4.69) is 20.9 Å². The van der Waals surface area contributed by atoms with E-state index in [-0.39, 0.29) is 18.2 Å². The molecule has 1 atom stereocenters. The molecule has 0 N–H and O–H groups in total. The number of sulfone groups is 1. The highest BCUT2D eigenvalue weighted by molar-refractivity contribution is 9.10. The van der Waals surface area contributed by atoms with Crippen molar-refractivity contribution in [2.24, 2.45) is 0 Å². The number of amides is 1. The molecular weight excluding hydrogens is 392 g/mol. The quantitative estimate of drug-likeness (QED) is 0.765. The number of aromatic nitrogens is 1. The first-order valence-corrected chi connectivity index (χ1v) is 10.1. The van der Waals surface area contributed by atoms with Crippen LogP contribution in [-0.2, 0) is 9.84 Å². The average Bonchev–Trinajstić information content (AvgIpc) is 2.73. The Labute approximate surface area is 149 Å². The number of carbonyl (C=O) groups excluding carboxylic acids is 1. The number of rotatable bonds is 2. The molecule has 0 radical (unpaired) electrons. The normalized spacial score (nSPS) is 20.4. The number of carbonyl (C=O) groups is 1. The first kappa shape index (κ1) is 17.1. The van der Waals surface area contributed by atoms with Gasteiger partial charge >= 0.3 is 0 Å². The molecular formula is C17H17BrN2O3S. The van der Waals surface area contributed by atoms with E-state index in [1.54, 1.807) is 17.2 Å². The topological polar surface area (TPSA) is 67.3 Å². The molecule has 0 spiro atoms. The molecule has 126 valence electrons. The molecule has 2 aromatic rings. The minimum absolute atomic E-state index is 0.0280. The van der Waals surface area contributed by atoms with Crippen LogP contribution in [0.2, 0.25) is 0 Å². The second kappa shape index (κ2) is 7.03. The van der Waals surface area contributed by atoms with E-state index in [0.29, 0.717) is 18.5 Å². The van der Waals surface area contributed by atoms with Gasteiger partial charge in [-0.1, -0.05) is 30.3 Å². The Balaban J connectivity index is 1.82. The fraction of sp³-hybridized carbons (Fsp3) is 0.294. The standard InChI is InChI=1S/C17H17BrN2O3S/c18-15-10-14(11-19-12-15)17(21)20-7-6-16(24(22,23)9-8-20)13-4-2-1-3-5-13/h1-5,10-12,16H,6-9H2. The van der Waals surface area contributed by atoms with Crippen molar-refractivity contribution in [1.29, 1.82) is 0 Å². The van der Waals surface area contributed by atoms with Crippen molar-refractivity contribution in [3.8, 4) is 0 Å². The van der Waals surface area contributed by atoms with Gasteiger partial charge in [0.2, 0.25) is 0 Å². The third-order valence-corrected chi connectivity index (χ3v) is 6.71. The molecule has 1 aromatic heterocycles. The summed E-state index contributed by atoms with van der Waals surface area (Å²) in [6, 6.07) is 10.9. The second-order valence-corrected chi connectivity index (χ2v) is 8.96. The lowest BCUT2D eigenvalue weighted by Gasteiger charge is -2.20. The van der Waals surface area contributed by atoms with E-state index in [1.807, 2.05) is 30.3 Å². The van der Waals surface area contributed by atoms with Crippen LogP contribution < -0.4 is 0 Å². The van der Waals surface area contributed by atoms with Crippen molar-refractivity contribution in [3.63, 3.8) is 0 Å². The first-order valence-electron chi connectivity index (χ1n) is 7.64. The van der Waals surface area contributed by atoms with Gasteiger partial charge in [-0.2, -0.15) is 0 Å². The Bertz CT molecular complexity index is 840. The highest BCUT2D eigenvalue weighted by atomic mass is 79.9. The summed E-state index contributed by atoms with van der Waals surface area (Å²) >= 11 is 3.30. The van der Waals surface area contributed by atoms with Crippen LogP contribution in [0, 0.1) is 0 Å². The van der Waals surface area contributed by atoms with Crippen LogP contribution in [0.15, 0.2) is 53.3 Å². The lowest BCUT2D eigenvalue weighted by atomic mass is 10.1. The van der Waals surface area contributed by atoms with Crippen molar-refractivity contribution in [2.75, 3.05) is 18.8 Å². The molecule has 1 saturated heterocycles. The summed E-state index contributed by atoms with van der Waals surface area (Å²) in [5.41, 5.74) is 1.25. The molecule has 2 heterocycles. The largest absolute Gasteiger partial charge is 0.338 e. The highest BCUT2D eigenvalue weighted by Crippen LogP contribution is 2.29. The maximum Gasteiger partial charge on any atom is 0.255 e. The highest BCUT2D eigenvalue weighted by Gasteiger charge is 2.32. The van der Waals surface area contributed by atoms with Gasteiger partial charge in [-0.3, -0.25) is 9.78 Å². The first-order chi connectivity index (χ1) is 11.5. The Morgan fingerprint density at radius 1 is 1.17 bits per heavy atom. The van der Waals surface area contributed by atoms with Crippen LogP contribution in [0.1, 0.15) is 27.6 Å². The average molecular weight is 409 g/mol. The molecule has 1 unspecified atom stereocenters. The van der Waals surface area contributed by atoms with Crippen molar-refractivity contribution in [1.82, 2.24) is 9.88 Å².